The van der Waals surface area contributed by atoms with E-state index in [4.69, 9.17) is 9.73 Å². The van der Waals surface area contributed by atoms with Crippen molar-refractivity contribution in [1.82, 2.24) is 14.8 Å². The third kappa shape index (κ3) is 5.31. The zero-order valence-electron chi connectivity index (χ0n) is 20.1. The Morgan fingerprint density at radius 2 is 1.74 bits per heavy atom. The minimum Gasteiger partial charge on any atom is -0.494 e. The zero-order chi connectivity index (χ0) is 24.2. The molecule has 1 aliphatic rings. The summed E-state index contributed by atoms with van der Waals surface area (Å²) in [4.78, 5) is 4.81. The fourth-order valence-corrected chi connectivity index (χ4v) is 6.15. The van der Waals surface area contributed by atoms with Crippen molar-refractivity contribution in [1.29, 1.82) is 0 Å². The minimum absolute atomic E-state index is 0.395. The maximum absolute atomic E-state index is 5.56. The lowest BCUT2D eigenvalue weighted by atomic mass is 10.1. The van der Waals surface area contributed by atoms with Gasteiger partial charge < -0.3 is 4.74 Å². The van der Waals surface area contributed by atoms with Crippen LogP contribution in [-0.4, -0.2) is 44.0 Å². The van der Waals surface area contributed by atoms with Crippen molar-refractivity contribution in [3.8, 4) is 22.8 Å². The van der Waals surface area contributed by atoms with Crippen LogP contribution in [0.25, 0.3) is 17.1 Å². The van der Waals surface area contributed by atoms with E-state index in [1.54, 1.807) is 11.8 Å². The Morgan fingerprint density at radius 1 is 0.943 bits per heavy atom. The van der Waals surface area contributed by atoms with Crippen LogP contribution in [0.4, 0.5) is 0 Å². The van der Waals surface area contributed by atoms with Gasteiger partial charge >= 0.3 is 0 Å². The molecule has 1 aliphatic heterocycles. The summed E-state index contributed by atoms with van der Waals surface area (Å²) in [6, 6.07) is 25.0. The lowest BCUT2D eigenvalue weighted by Crippen LogP contribution is -2.08. The van der Waals surface area contributed by atoms with Gasteiger partial charge in [0.1, 0.15) is 5.75 Å². The van der Waals surface area contributed by atoms with Crippen molar-refractivity contribution in [2.45, 2.75) is 31.2 Å². The summed E-state index contributed by atoms with van der Waals surface area (Å²) in [6.07, 6.45) is 0. The molecular weight excluding hydrogens is 472 g/mol. The number of thioether (sulfide) groups is 2. The van der Waals surface area contributed by atoms with Gasteiger partial charge in [-0.05, 0) is 68.3 Å². The van der Waals surface area contributed by atoms with Crippen LogP contribution in [0.5, 0.6) is 5.75 Å². The quantitative estimate of drug-likeness (QED) is 0.255. The summed E-state index contributed by atoms with van der Waals surface area (Å²) in [5.74, 6) is 2.67. The molecule has 0 aliphatic carbocycles. The molecule has 4 aromatic rings. The largest absolute Gasteiger partial charge is 0.494 e. The van der Waals surface area contributed by atoms with E-state index in [2.05, 4.69) is 71.1 Å². The van der Waals surface area contributed by atoms with Crippen LogP contribution >= 0.6 is 23.5 Å². The first-order valence-electron chi connectivity index (χ1n) is 11.8. The molecule has 1 atom stereocenters. The molecule has 5 nitrogen and oxygen atoms in total. The summed E-state index contributed by atoms with van der Waals surface area (Å²) >= 11 is 3.59. The topological polar surface area (TPSA) is 52.3 Å². The molecule has 0 radical (unpaired) electrons. The van der Waals surface area contributed by atoms with Crippen LogP contribution < -0.4 is 4.74 Å². The maximum atomic E-state index is 5.56. The molecule has 0 saturated heterocycles. The SMILES string of the molecule is CCOc1ccc(C2=NC[C@@H](CSc3nnc(-c4ccccc4)n3-c3ccc(C)c(C)c3)S2)cc1. The second-order valence-electron chi connectivity index (χ2n) is 8.43. The van der Waals surface area contributed by atoms with Crippen LogP contribution in [0.15, 0.2) is 82.9 Å². The van der Waals surface area contributed by atoms with Crippen LogP contribution in [-0.2, 0) is 0 Å². The molecule has 0 spiro atoms. The summed E-state index contributed by atoms with van der Waals surface area (Å²) < 4.78 is 7.74. The van der Waals surface area contributed by atoms with Gasteiger partial charge in [0, 0.05) is 22.1 Å². The number of benzene rings is 3. The zero-order valence-corrected chi connectivity index (χ0v) is 21.8. The van der Waals surface area contributed by atoms with Gasteiger partial charge in [-0.2, -0.15) is 0 Å². The monoisotopic (exact) mass is 500 g/mol. The second-order valence-corrected chi connectivity index (χ2v) is 10.7. The molecule has 7 heteroatoms. The Kier molecular flexibility index (Phi) is 7.25. The number of nitrogens with zero attached hydrogens (tertiary/aromatic N) is 4. The highest BCUT2D eigenvalue weighted by Crippen LogP contribution is 2.33. The van der Waals surface area contributed by atoms with E-state index in [0.29, 0.717) is 11.9 Å². The molecule has 0 amide bonds. The van der Waals surface area contributed by atoms with Gasteiger partial charge in [-0.15, -0.1) is 22.0 Å². The fourth-order valence-electron chi connectivity index (χ4n) is 3.93. The van der Waals surface area contributed by atoms with Crippen molar-refractivity contribution in [2.75, 3.05) is 18.9 Å². The Labute approximate surface area is 215 Å². The first-order chi connectivity index (χ1) is 17.1. The molecule has 178 valence electrons. The number of rotatable bonds is 8. The minimum atomic E-state index is 0.395. The van der Waals surface area contributed by atoms with Crippen molar-refractivity contribution >= 4 is 28.6 Å². The summed E-state index contributed by atoms with van der Waals surface area (Å²) in [5.41, 5.74) is 5.83. The Bertz CT molecular complexity index is 1330. The number of aromatic nitrogens is 3. The molecule has 35 heavy (non-hydrogen) atoms. The highest BCUT2D eigenvalue weighted by Gasteiger charge is 2.23. The third-order valence-electron chi connectivity index (χ3n) is 5.94. The smallest absolute Gasteiger partial charge is 0.196 e. The molecule has 3 aromatic carbocycles. The van der Waals surface area contributed by atoms with E-state index < -0.39 is 0 Å². The van der Waals surface area contributed by atoms with E-state index >= 15 is 0 Å². The van der Waals surface area contributed by atoms with Crippen LogP contribution in [0.3, 0.4) is 0 Å². The average Bonchev–Trinajstić information content (AvgIpc) is 3.53. The van der Waals surface area contributed by atoms with E-state index in [9.17, 15) is 0 Å². The average molecular weight is 501 g/mol. The maximum Gasteiger partial charge on any atom is 0.196 e. The third-order valence-corrected chi connectivity index (χ3v) is 8.48. The summed E-state index contributed by atoms with van der Waals surface area (Å²) in [5, 5.41) is 11.6. The standard InChI is InChI=1S/C28H28N4OS2/c1-4-33-24-14-11-22(12-15-24)27-29-17-25(35-27)18-34-28-31-30-26(21-8-6-5-7-9-21)32(28)23-13-10-19(2)20(3)16-23/h5-16,25H,4,17-18H2,1-3H3/t25-/m0/s1. The van der Waals surface area contributed by atoms with Crippen LogP contribution in [0.2, 0.25) is 0 Å². The lowest BCUT2D eigenvalue weighted by molar-refractivity contribution is 0.340. The lowest BCUT2D eigenvalue weighted by Gasteiger charge is -2.13. The number of aryl methyl sites for hydroxylation is 2. The summed E-state index contributed by atoms with van der Waals surface area (Å²) in [6.45, 7) is 7.76. The number of ether oxygens (including phenoxy) is 1. The van der Waals surface area contributed by atoms with E-state index in [0.717, 1.165) is 50.9 Å². The van der Waals surface area contributed by atoms with E-state index in [1.807, 2.05) is 49.0 Å². The first kappa shape index (κ1) is 23.7. The van der Waals surface area contributed by atoms with E-state index in [1.165, 1.54) is 11.1 Å². The fraction of sp³-hybridized carbons (Fsp3) is 0.250. The van der Waals surface area contributed by atoms with Gasteiger partial charge in [-0.1, -0.05) is 48.2 Å². The van der Waals surface area contributed by atoms with E-state index in [-0.39, 0.29) is 0 Å². The molecule has 5 rings (SSSR count). The van der Waals surface area contributed by atoms with Gasteiger partial charge in [0.15, 0.2) is 11.0 Å². The predicted molar refractivity (Wildman–Crippen MR) is 147 cm³/mol. The van der Waals surface area contributed by atoms with Crippen LogP contribution in [0.1, 0.15) is 23.6 Å². The molecule has 0 N–H and O–H groups in total. The Morgan fingerprint density at radius 3 is 2.49 bits per heavy atom. The number of hydrogen-bond acceptors (Lipinski definition) is 6. The molecule has 2 heterocycles. The first-order valence-corrected chi connectivity index (χ1v) is 13.6. The molecule has 1 aromatic heterocycles. The molecule has 0 unspecified atom stereocenters. The molecular formula is C28H28N4OS2. The predicted octanol–water partition coefficient (Wildman–Crippen LogP) is 6.60. The molecule has 0 fully saturated rings. The van der Waals surface area contributed by atoms with Gasteiger partial charge in [0.25, 0.3) is 0 Å². The van der Waals surface area contributed by atoms with Crippen molar-refractivity contribution in [3.05, 3.63) is 89.5 Å². The van der Waals surface area contributed by atoms with Crippen molar-refractivity contribution < 1.29 is 4.74 Å². The van der Waals surface area contributed by atoms with Gasteiger partial charge in [0.2, 0.25) is 0 Å². The van der Waals surface area contributed by atoms with Gasteiger partial charge in [-0.3, -0.25) is 9.56 Å². The van der Waals surface area contributed by atoms with Crippen molar-refractivity contribution in [2.24, 2.45) is 4.99 Å². The van der Waals surface area contributed by atoms with Gasteiger partial charge in [0.05, 0.1) is 23.9 Å². The molecule has 0 bridgehead atoms. The highest BCUT2D eigenvalue weighted by atomic mass is 32.2. The highest BCUT2D eigenvalue weighted by molar-refractivity contribution is 8.16. The number of hydrogen-bond donors (Lipinski definition) is 0. The Hall–Kier alpha value is -3.03. The number of aliphatic imine (C=N–C) groups is 1. The van der Waals surface area contributed by atoms with Crippen LogP contribution in [0, 0.1) is 13.8 Å². The normalized spacial score (nSPS) is 15.3. The second kappa shape index (κ2) is 10.7. The molecule has 0 saturated carbocycles. The van der Waals surface area contributed by atoms with Crippen molar-refractivity contribution in [3.63, 3.8) is 0 Å². The van der Waals surface area contributed by atoms with Gasteiger partial charge in [-0.25, -0.2) is 0 Å². The Balaban J connectivity index is 1.33. The summed E-state index contributed by atoms with van der Waals surface area (Å²) in [7, 11) is 0.